The largest absolute Gasteiger partial charge is 0.479 e. The van der Waals surface area contributed by atoms with Gasteiger partial charge in [0.15, 0.2) is 28.6 Å². The molecule has 0 radical (unpaired) electrons. The number of carboxylic acid groups (broad SMARTS) is 1. The number of carbonyl (C=O) groups is 11. The molecule has 0 aromatic carbocycles. The molecule has 10 rings (SSSR count). The molecule has 8 atom stereocenters. The summed E-state index contributed by atoms with van der Waals surface area (Å²) < 4.78 is 21.4. The fourth-order valence-electron chi connectivity index (χ4n) is 15.0. The number of carbonyl (C=O) groups excluding carboxylic acids is 10. The Balaban J connectivity index is 0.000000197. The fourth-order valence-corrected chi connectivity index (χ4v) is 16.9. The van der Waals surface area contributed by atoms with Gasteiger partial charge in [0, 0.05) is 97.7 Å². The highest BCUT2D eigenvalue weighted by Gasteiger charge is 2.42. The van der Waals surface area contributed by atoms with Crippen molar-refractivity contribution >= 4 is 111 Å². The molecule has 6 heterocycles. The molecular formula is C70H115N13O19S3. The number of hydrogen-bond acceptors (Lipinski definition) is 23. The lowest BCUT2D eigenvalue weighted by atomic mass is 9.85. The number of amides is 9. The third kappa shape index (κ3) is 27.6. The third-order valence-electron chi connectivity index (χ3n) is 21.7. The summed E-state index contributed by atoms with van der Waals surface area (Å²) in [5, 5.41) is 59.1. The zero-order valence-electron chi connectivity index (χ0n) is 61.1. The van der Waals surface area contributed by atoms with E-state index in [4.69, 9.17) is 36.3 Å². The van der Waals surface area contributed by atoms with Gasteiger partial charge >= 0.3 is 11.9 Å². The van der Waals surface area contributed by atoms with Crippen molar-refractivity contribution in [3.8, 4) is 0 Å². The predicted octanol–water partition coefficient (Wildman–Crippen LogP) is 1.48. The van der Waals surface area contributed by atoms with Crippen molar-refractivity contribution in [3.63, 3.8) is 0 Å². The normalized spacial score (nSPS) is 23.9. The highest BCUT2D eigenvalue weighted by molar-refractivity contribution is 8.15. The van der Waals surface area contributed by atoms with E-state index in [0.29, 0.717) is 115 Å². The van der Waals surface area contributed by atoms with Crippen molar-refractivity contribution in [1.29, 1.82) is 0 Å². The first-order valence-electron chi connectivity index (χ1n) is 37.9. The number of hydrogen-bond donors (Lipinski definition) is 14. The maximum Gasteiger partial charge on any atom is 0.334 e. The number of hydrazine groups is 2. The minimum absolute atomic E-state index is 0.00621. The van der Waals surface area contributed by atoms with Crippen LogP contribution in [0.3, 0.4) is 0 Å². The van der Waals surface area contributed by atoms with Crippen LogP contribution in [-0.4, -0.2) is 239 Å². The number of hydrazone groups is 1. The molecule has 0 spiro atoms. The van der Waals surface area contributed by atoms with Gasteiger partial charge in [-0.1, -0.05) is 88.8 Å². The Labute approximate surface area is 629 Å². The van der Waals surface area contributed by atoms with E-state index < -0.39 is 72.0 Å². The number of carboxylic acids is 1. The number of thiocarbonyl (C=S) groups is 1. The molecule has 14 N–H and O–H groups in total. The second-order valence-corrected chi connectivity index (χ2v) is 31.3. The molecule has 10 aliphatic rings. The van der Waals surface area contributed by atoms with Crippen LogP contribution in [-0.2, 0) is 71.7 Å². The summed E-state index contributed by atoms with van der Waals surface area (Å²) >= 11 is 7.45. The number of ether oxygens (including phenoxy) is 4. The first kappa shape index (κ1) is 86.3. The van der Waals surface area contributed by atoms with E-state index in [9.17, 15) is 68.1 Å². The van der Waals surface area contributed by atoms with Gasteiger partial charge in [0.05, 0.1) is 29.6 Å². The SMILES string of the molecule is CN1C(=O)CS/C1=N\NC(=O)C(=O)C(NC(=O)C1CCCCC1)C1CCOCC1.CN1C(=O)CSC1NNC(=O)C(O)C(NC(=O)C1CCCCC1)C1CCOCC1.CNC(=S)NNC(=O)C(O)C(NC(=O)C1CCCCC1)C1CCOCC1.O=C(NC(C1CCOCC1)C(O)C(=O)O)C1CCCCC1. The van der Waals surface area contributed by atoms with Crippen LogP contribution in [0.2, 0.25) is 0 Å². The molecule has 6 saturated heterocycles. The van der Waals surface area contributed by atoms with Crippen LogP contribution in [0.5, 0.6) is 0 Å². The Morgan fingerprint density at radius 3 is 1.18 bits per heavy atom. The zero-order valence-corrected chi connectivity index (χ0v) is 63.5. The fraction of sp³-hybridized carbons (Fsp3) is 0.814. The lowest BCUT2D eigenvalue weighted by molar-refractivity contribution is -0.151. The lowest BCUT2D eigenvalue weighted by Crippen LogP contribution is -2.59. The Morgan fingerprint density at radius 1 is 0.476 bits per heavy atom. The maximum atomic E-state index is 12.9. The van der Waals surface area contributed by atoms with Crippen LogP contribution in [0, 0.1) is 47.3 Å². The van der Waals surface area contributed by atoms with E-state index in [1.165, 1.54) is 33.3 Å². The second-order valence-electron chi connectivity index (χ2n) is 28.8. The van der Waals surface area contributed by atoms with Gasteiger partial charge in [-0.05, 0) is 139 Å². The van der Waals surface area contributed by atoms with E-state index >= 15 is 0 Å². The summed E-state index contributed by atoms with van der Waals surface area (Å²) in [4.78, 5) is 138. The molecule has 35 heteroatoms. The summed E-state index contributed by atoms with van der Waals surface area (Å²) in [5.74, 6) is -4.48. The molecule has 9 amide bonds. The second kappa shape index (κ2) is 45.8. The van der Waals surface area contributed by atoms with Gasteiger partial charge in [0.1, 0.15) is 11.5 Å². The standard InChI is InChI=1S/C19H32N4O5S.C19H28N4O5S.C17H30N4O4S.C15H25NO5/c2*1-23-14(24)11-29-19(23)22-21-18(27)16(25)15(12-7-9-28-10-8-12)20-17(26)13-5-3-2-4-6-13;1-18-17(26)21-20-16(24)14(22)13(11-7-9-25-10-8-11)19-15(23)12-5-3-2-4-6-12;17-13(15(19)20)12(10-6-8-21-9-7-10)16-14(18)11-4-2-1-3-5-11/h12-13,15-16,19,22,25H,2-11H2,1H3,(H,20,26)(H,21,27);12-13,15H,2-11H2,1H3,(H,20,26)(H,21,27);11-14,22H,2-10H2,1H3,(H,19,23)(H,20,24)(H2,18,21,26);10-13,17H,1-9H2,(H,16,18)(H,19,20)/b;22-19-;;. The molecule has 0 aromatic rings. The van der Waals surface area contributed by atoms with Crippen LogP contribution in [0.15, 0.2) is 5.10 Å². The molecule has 10 fully saturated rings. The Kier molecular flexibility index (Phi) is 37.7. The maximum absolute atomic E-state index is 12.9. The zero-order chi connectivity index (χ0) is 75.8. The molecule has 4 aliphatic carbocycles. The molecule has 32 nitrogen and oxygen atoms in total. The minimum atomic E-state index is -1.55. The van der Waals surface area contributed by atoms with Gasteiger partial charge in [0.2, 0.25) is 41.2 Å². The van der Waals surface area contributed by atoms with Gasteiger partial charge in [0.25, 0.3) is 11.8 Å². The monoisotopic (exact) mass is 1540 g/mol. The molecule has 105 heavy (non-hydrogen) atoms. The Hall–Kier alpha value is -5.89. The number of aliphatic hydroxyl groups is 3. The van der Waals surface area contributed by atoms with Crippen molar-refractivity contribution in [3.05, 3.63) is 0 Å². The van der Waals surface area contributed by atoms with Crippen LogP contribution in [0.25, 0.3) is 0 Å². The van der Waals surface area contributed by atoms with Gasteiger partial charge in [-0.3, -0.25) is 69.1 Å². The van der Waals surface area contributed by atoms with E-state index in [1.54, 1.807) is 21.1 Å². The number of rotatable bonds is 23. The van der Waals surface area contributed by atoms with Crippen molar-refractivity contribution in [2.45, 2.75) is 228 Å². The Bertz CT molecular complexity index is 2880. The number of nitrogens with one attached hydrogen (secondary N) is 10. The van der Waals surface area contributed by atoms with E-state index in [1.807, 2.05) is 0 Å². The highest BCUT2D eigenvalue weighted by Crippen LogP contribution is 2.32. The quantitative estimate of drug-likeness (QED) is 0.0391. The first-order valence-corrected chi connectivity index (χ1v) is 40.3. The van der Waals surface area contributed by atoms with Crippen molar-refractivity contribution in [2.24, 2.45) is 52.4 Å². The average molecular weight is 1540 g/mol. The van der Waals surface area contributed by atoms with Gasteiger partial charge in [-0.15, -0.1) is 16.9 Å². The van der Waals surface area contributed by atoms with E-state index in [2.05, 4.69) is 58.8 Å². The first-order chi connectivity index (χ1) is 50.6. The number of ketones is 1. The number of nitrogens with zero attached hydrogens (tertiary/aromatic N) is 3. The number of amidine groups is 1. The molecule has 0 bridgehead atoms. The molecule has 8 unspecified atom stereocenters. The van der Waals surface area contributed by atoms with Crippen LogP contribution >= 0.6 is 35.7 Å². The summed E-state index contributed by atoms with van der Waals surface area (Å²) in [7, 11) is 4.83. The molecule has 0 aromatic heterocycles. The van der Waals surface area contributed by atoms with Crippen LogP contribution in [0.1, 0.15) is 180 Å². The number of thioether (sulfide) groups is 2. The third-order valence-corrected chi connectivity index (χ3v) is 24.2. The summed E-state index contributed by atoms with van der Waals surface area (Å²) in [6, 6.07) is -2.91. The minimum Gasteiger partial charge on any atom is -0.479 e. The number of Topliss-reactive ketones (excluding diaryl/α,β-unsaturated/α-hetero) is 1. The average Bonchev–Trinajstić information content (AvgIpc) is 1.63. The molecule has 4 saturated carbocycles. The van der Waals surface area contributed by atoms with Gasteiger partial charge < -0.3 is 70.9 Å². The summed E-state index contributed by atoms with van der Waals surface area (Å²) in [5.41, 5.74) is 12.1. The van der Waals surface area contributed by atoms with E-state index in [0.717, 1.165) is 128 Å². The van der Waals surface area contributed by atoms with E-state index in [-0.39, 0.29) is 99.1 Å². The smallest absolute Gasteiger partial charge is 0.334 e. The summed E-state index contributed by atoms with van der Waals surface area (Å²) in [6.07, 6.45) is 20.7. The Morgan fingerprint density at radius 2 is 0.838 bits per heavy atom. The summed E-state index contributed by atoms with van der Waals surface area (Å²) in [6.45, 7) is 4.34. The van der Waals surface area contributed by atoms with Crippen molar-refractivity contribution < 1.29 is 92.1 Å². The number of aliphatic carboxylic acids is 1. The predicted molar refractivity (Wildman–Crippen MR) is 393 cm³/mol. The van der Waals surface area contributed by atoms with Crippen molar-refractivity contribution in [2.75, 3.05) is 85.5 Å². The van der Waals surface area contributed by atoms with Crippen LogP contribution in [0.4, 0.5) is 0 Å². The van der Waals surface area contributed by atoms with Gasteiger partial charge in [-0.2, -0.15) is 0 Å². The van der Waals surface area contributed by atoms with Gasteiger partial charge in [-0.25, -0.2) is 15.6 Å². The van der Waals surface area contributed by atoms with Crippen molar-refractivity contribution in [1.82, 2.24) is 63.5 Å². The molecule has 592 valence electrons. The molecule has 6 aliphatic heterocycles. The molecular weight excluding hydrogens is 1420 g/mol. The van der Waals surface area contributed by atoms with Crippen LogP contribution < -0.4 is 53.7 Å². The topological polar surface area (TPSA) is 445 Å². The highest BCUT2D eigenvalue weighted by atomic mass is 32.2. The lowest BCUT2D eigenvalue weighted by Gasteiger charge is -2.35. The number of aliphatic hydroxyl groups excluding tert-OH is 3.